The van der Waals surface area contributed by atoms with E-state index in [2.05, 4.69) is 0 Å². The maximum atomic E-state index is 12.7. The van der Waals surface area contributed by atoms with Gasteiger partial charge in [0.1, 0.15) is 17.2 Å². The van der Waals surface area contributed by atoms with E-state index in [9.17, 15) is 9.59 Å². The Morgan fingerprint density at radius 3 is 2.42 bits per heavy atom. The molecule has 0 aliphatic carbocycles. The third kappa shape index (κ3) is 4.47. The molecular weight excluding hydrogens is 416 g/mol. The van der Waals surface area contributed by atoms with Crippen molar-refractivity contribution in [2.24, 2.45) is 0 Å². The topological polar surface area (TPSA) is 61.8 Å². The first-order chi connectivity index (χ1) is 14.9. The summed E-state index contributed by atoms with van der Waals surface area (Å²) in [4.78, 5) is 25.1. The molecule has 0 spiro atoms. The lowest BCUT2D eigenvalue weighted by molar-refractivity contribution is -0.133. The first kappa shape index (κ1) is 20.7. The number of benzene rings is 3. The number of hydrogen-bond donors (Lipinski definition) is 0. The van der Waals surface area contributed by atoms with Crippen molar-refractivity contribution >= 4 is 29.4 Å². The van der Waals surface area contributed by atoms with E-state index in [4.69, 9.17) is 25.8 Å². The van der Waals surface area contributed by atoms with Gasteiger partial charge in [-0.15, -0.1) is 0 Å². The van der Waals surface area contributed by atoms with Crippen LogP contribution < -0.4 is 14.2 Å². The number of fused-ring (bicyclic) bond motifs is 1. The van der Waals surface area contributed by atoms with Crippen molar-refractivity contribution < 1.29 is 23.8 Å². The molecule has 6 heteroatoms. The van der Waals surface area contributed by atoms with Gasteiger partial charge in [0.25, 0.3) is 0 Å². The lowest BCUT2D eigenvalue weighted by Crippen LogP contribution is -2.12. The van der Waals surface area contributed by atoms with Crippen molar-refractivity contribution in [2.45, 2.75) is 13.3 Å². The summed E-state index contributed by atoms with van der Waals surface area (Å²) in [5.74, 6) is 1.06. The second-order valence-corrected chi connectivity index (χ2v) is 7.49. The highest BCUT2D eigenvalue weighted by molar-refractivity contribution is 6.30. The molecule has 4 rings (SSSR count). The summed E-state index contributed by atoms with van der Waals surface area (Å²) in [6.07, 6.45) is 1.77. The molecule has 3 aromatic rings. The predicted molar refractivity (Wildman–Crippen MR) is 118 cm³/mol. The Kier molecular flexibility index (Phi) is 5.78. The number of carbonyl (C=O) groups is 2. The fourth-order valence-electron chi connectivity index (χ4n) is 3.26. The van der Waals surface area contributed by atoms with Crippen LogP contribution in [0, 0.1) is 6.92 Å². The number of ether oxygens (including phenoxy) is 3. The maximum Gasteiger partial charge on any atom is 0.315 e. The summed E-state index contributed by atoms with van der Waals surface area (Å²) < 4.78 is 16.5. The number of esters is 1. The van der Waals surface area contributed by atoms with Crippen LogP contribution in [0.4, 0.5) is 0 Å². The van der Waals surface area contributed by atoms with E-state index in [1.807, 2.05) is 12.1 Å². The monoisotopic (exact) mass is 434 g/mol. The minimum atomic E-state index is -0.408. The van der Waals surface area contributed by atoms with Gasteiger partial charge in [-0.25, -0.2) is 0 Å². The van der Waals surface area contributed by atoms with Crippen LogP contribution in [0.3, 0.4) is 0 Å². The summed E-state index contributed by atoms with van der Waals surface area (Å²) in [5, 5.41) is 0.612. The highest BCUT2D eigenvalue weighted by Gasteiger charge is 2.30. The number of ketones is 1. The van der Waals surface area contributed by atoms with Gasteiger partial charge in [-0.3, -0.25) is 9.59 Å². The Balaban J connectivity index is 1.51. The van der Waals surface area contributed by atoms with E-state index < -0.39 is 5.97 Å². The van der Waals surface area contributed by atoms with Gasteiger partial charge in [0.2, 0.25) is 5.78 Å². The molecule has 0 radical (unpaired) electrons. The zero-order valence-corrected chi connectivity index (χ0v) is 17.7. The molecule has 0 amide bonds. The van der Waals surface area contributed by atoms with E-state index in [0.29, 0.717) is 27.6 Å². The Morgan fingerprint density at radius 1 is 1.03 bits per heavy atom. The van der Waals surface area contributed by atoms with Crippen molar-refractivity contribution in [3.05, 3.63) is 93.7 Å². The van der Waals surface area contributed by atoms with Crippen LogP contribution >= 0.6 is 11.6 Å². The third-order valence-corrected chi connectivity index (χ3v) is 5.19. The van der Waals surface area contributed by atoms with Crippen LogP contribution in [0.1, 0.15) is 27.0 Å². The highest BCUT2D eigenvalue weighted by atomic mass is 35.5. The Hall–Kier alpha value is -3.57. The van der Waals surface area contributed by atoms with E-state index >= 15 is 0 Å². The van der Waals surface area contributed by atoms with Gasteiger partial charge in [-0.05, 0) is 60.5 Å². The molecule has 0 saturated heterocycles. The third-order valence-electron chi connectivity index (χ3n) is 4.94. The molecule has 1 aliphatic heterocycles. The normalized spacial score (nSPS) is 13.6. The van der Waals surface area contributed by atoms with E-state index in [-0.39, 0.29) is 18.0 Å². The standard InChI is InChI=1S/C25H19ClO5/c1-15-21(30-23(27)14-17-5-9-19(29-2)10-6-17)12-11-20-24(28)22(31-25(15)20)13-16-3-7-18(26)8-4-16/h3-13H,14H2,1-2H3/b22-13-. The van der Waals surface area contributed by atoms with Crippen LogP contribution in [0.25, 0.3) is 6.08 Å². The van der Waals surface area contributed by atoms with Crippen LogP contribution in [0.15, 0.2) is 66.4 Å². The quantitative estimate of drug-likeness (QED) is 0.305. The zero-order chi connectivity index (χ0) is 22.0. The lowest BCUT2D eigenvalue weighted by Gasteiger charge is -2.10. The Labute approximate surface area is 184 Å². The van der Waals surface area contributed by atoms with Gasteiger partial charge in [0, 0.05) is 10.6 Å². The molecule has 1 aliphatic rings. The number of carbonyl (C=O) groups excluding carboxylic acids is 2. The van der Waals surface area contributed by atoms with Gasteiger partial charge in [-0.1, -0.05) is 35.9 Å². The second-order valence-electron chi connectivity index (χ2n) is 7.06. The van der Waals surface area contributed by atoms with E-state index in [1.54, 1.807) is 68.6 Å². The summed E-state index contributed by atoms with van der Waals surface area (Å²) in [6, 6.07) is 17.5. The van der Waals surface area contributed by atoms with Crippen LogP contribution in [0.2, 0.25) is 5.02 Å². The van der Waals surface area contributed by atoms with Crippen molar-refractivity contribution in [1.82, 2.24) is 0 Å². The van der Waals surface area contributed by atoms with E-state index in [0.717, 1.165) is 16.9 Å². The van der Waals surface area contributed by atoms with Gasteiger partial charge in [0.15, 0.2) is 5.76 Å². The molecule has 1 heterocycles. The molecule has 31 heavy (non-hydrogen) atoms. The summed E-state index contributed by atoms with van der Waals surface area (Å²) in [6.45, 7) is 1.76. The largest absolute Gasteiger partial charge is 0.497 e. The SMILES string of the molecule is COc1ccc(CC(=O)Oc2ccc3c(c2C)O/C(=C\c2ccc(Cl)cc2)C3=O)cc1. The molecule has 0 aromatic heterocycles. The molecule has 0 unspecified atom stereocenters. The molecule has 0 fully saturated rings. The molecule has 0 bridgehead atoms. The number of methoxy groups -OCH3 is 1. The first-order valence-corrected chi connectivity index (χ1v) is 9.99. The minimum Gasteiger partial charge on any atom is -0.497 e. The first-order valence-electron chi connectivity index (χ1n) is 9.61. The molecule has 156 valence electrons. The van der Waals surface area contributed by atoms with Gasteiger partial charge >= 0.3 is 5.97 Å². The van der Waals surface area contributed by atoms with Gasteiger partial charge in [-0.2, -0.15) is 0 Å². The van der Waals surface area contributed by atoms with Crippen molar-refractivity contribution in [3.8, 4) is 17.2 Å². The maximum absolute atomic E-state index is 12.7. The van der Waals surface area contributed by atoms with Crippen LogP contribution in [0.5, 0.6) is 17.2 Å². The fraction of sp³-hybridized carbons (Fsp3) is 0.120. The van der Waals surface area contributed by atoms with Crippen molar-refractivity contribution in [3.63, 3.8) is 0 Å². The smallest absolute Gasteiger partial charge is 0.315 e. The molecule has 5 nitrogen and oxygen atoms in total. The van der Waals surface area contributed by atoms with Gasteiger partial charge < -0.3 is 14.2 Å². The summed E-state index contributed by atoms with van der Waals surface area (Å²) in [7, 11) is 1.59. The minimum absolute atomic E-state index is 0.113. The Morgan fingerprint density at radius 2 is 1.74 bits per heavy atom. The summed E-state index contributed by atoms with van der Waals surface area (Å²) >= 11 is 5.91. The van der Waals surface area contributed by atoms with Crippen LogP contribution in [-0.2, 0) is 11.2 Å². The molecular formula is C25H19ClO5. The van der Waals surface area contributed by atoms with E-state index in [1.165, 1.54) is 0 Å². The summed E-state index contributed by atoms with van der Waals surface area (Å²) in [5.41, 5.74) is 2.63. The number of rotatable bonds is 5. The van der Waals surface area contributed by atoms with Crippen molar-refractivity contribution in [1.29, 1.82) is 0 Å². The number of hydrogen-bond acceptors (Lipinski definition) is 5. The molecule has 0 atom stereocenters. The fourth-order valence-corrected chi connectivity index (χ4v) is 3.38. The molecule has 3 aromatic carbocycles. The van der Waals surface area contributed by atoms with Crippen molar-refractivity contribution in [2.75, 3.05) is 7.11 Å². The predicted octanol–water partition coefficient (Wildman–Crippen LogP) is 5.42. The molecule has 0 N–H and O–H groups in total. The van der Waals surface area contributed by atoms with Crippen LogP contribution in [-0.4, -0.2) is 18.9 Å². The number of halogens is 1. The van der Waals surface area contributed by atoms with Gasteiger partial charge in [0.05, 0.1) is 19.1 Å². The average molecular weight is 435 g/mol. The lowest BCUT2D eigenvalue weighted by atomic mass is 10.1. The zero-order valence-electron chi connectivity index (χ0n) is 17.0. The average Bonchev–Trinajstić information content (AvgIpc) is 3.08. The highest BCUT2D eigenvalue weighted by Crippen LogP contribution is 2.39. The Bertz CT molecular complexity index is 1180. The number of allylic oxidation sites excluding steroid dienone is 1. The second kappa shape index (κ2) is 8.66. The molecule has 0 saturated carbocycles. The number of Topliss-reactive ketones (excluding diaryl/α,β-unsaturated/α-hetero) is 1.